The summed E-state index contributed by atoms with van der Waals surface area (Å²) >= 11 is 0. The molecule has 0 bridgehead atoms. The summed E-state index contributed by atoms with van der Waals surface area (Å²) in [6.07, 6.45) is -1.02. The van der Waals surface area contributed by atoms with Crippen LogP contribution in [0.3, 0.4) is 0 Å². The summed E-state index contributed by atoms with van der Waals surface area (Å²) in [7, 11) is 0. The summed E-state index contributed by atoms with van der Waals surface area (Å²) in [5.74, 6) is -4.89. The van der Waals surface area contributed by atoms with Crippen molar-refractivity contribution < 1.29 is 13.5 Å². The Morgan fingerprint density at radius 3 is 2.76 bits per heavy atom. The lowest BCUT2D eigenvalue weighted by molar-refractivity contribution is -0.136. The van der Waals surface area contributed by atoms with Gasteiger partial charge in [0, 0.05) is 17.2 Å². The highest BCUT2D eigenvalue weighted by atomic mass is 19.3. The van der Waals surface area contributed by atoms with Crippen LogP contribution in [0.15, 0.2) is 27.0 Å². The molecule has 114 valence electrons. The molecule has 2 rings (SSSR count). The van der Waals surface area contributed by atoms with E-state index in [1.807, 2.05) is 4.98 Å². The fourth-order valence-corrected chi connectivity index (χ4v) is 2.39. The molecule has 0 unspecified atom stereocenters. The number of hydrogen-bond acceptors (Lipinski definition) is 4. The van der Waals surface area contributed by atoms with E-state index in [4.69, 9.17) is 10.3 Å². The van der Waals surface area contributed by atoms with Crippen molar-refractivity contribution in [3.8, 4) is 0 Å². The normalized spacial score (nSPS) is 30.9. The molecule has 0 aliphatic carbocycles. The van der Waals surface area contributed by atoms with Crippen LogP contribution in [0, 0.1) is 5.92 Å². The maximum atomic E-state index is 14.4. The number of hydrogen-bond donors (Lipinski definition) is 1. The Kier molecular flexibility index (Phi) is 3.60. The van der Waals surface area contributed by atoms with Gasteiger partial charge in [0.15, 0.2) is 5.72 Å². The van der Waals surface area contributed by atoms with E-state index < -0.39 is 35.0 Å². The predicted octanol–water partition coefficient (Wildman–Crippen LogP) is 1.75. The van der Waals surface area contributed by atoms with E-state index in [0.29, 0.717) is 4.57 Å². The summed E-state index contributed by atoms with van der Waals surface area (Å²) in [4.78, 5) is 27.1. The highest BCUT2D eigenvalue weighted by molar-refractivity contribution is 5.02. The van der Waals surface area contributed by atoms with Crippen LogP contribution in [0.5, 0.6) is 0 Å². The van der Waals surface area contributed by atoms with E-state index in [9.17, 15) is 18.4 Å². The molecule has 1 saturated heterocycles. The van der Waals surface area contributed by atoms with Gasteiger partial charge < -0.3 is 4.74 Å². The van der Waals surface area contributed by atoms with E-state index in [-0.39, 0.29) is 6.42 Å². The molecule has 0 amide bonds. The average molecular weight is 301 g/mol. The highest BCUT2D eigenvalue weighted by Gasteiger charge is 2.64. The zero-order valence-electron chi connectivity index (χ0n) is 11.3. The fourth-order valence-electron chi connectivity index (χ4n) is 2.39. The Hall–Kier alpha value is -2.19. The molecule has 1 aliphatic heterocycles. The van der Waals surface area contributed by atoms with Crippen molar-refractivity contribution in [2.45, 2.75) is 38.1 Å². The van der Waals surface area contributed by atoms with Gasteiger partial charge in [0.05, 0.1) is 5.92 Å². The number of aromatic nitrogens is 2. The second-order valence-electron chi connectivity index (χ2n) is 4.77. The molecule has 1 aliphatic rings. The molecule has 2 heterocycles. The topological polar surface area (TPSA) is 113 Å². The molecule has 8 nitrogen and oxygen atoms in total. The molecule has 1 N–H and O–H groups in total. The molecule has 1 aromatic heterocycles. The molecule has 0 spiro atoms. The number of ether oxygens (including phenoxy) is 1. The standard InChI is InChI=1S/C11H13F2N5O3/c1-3-10(16-17-14)6(2)11(12,13)8(21-10)18-5-4-7(19)15-9(18)20/h4-6,8H,3H2,1-2H3,(H,15,19,20)/t6-,8-,10-/m1/s1. The first kappa shape index (κ1) is 15.2. The van der Waals surface area contributed by atoms with Crippen molar-refractivity contribution in [1.82, 2.24) is 9.55 Å². The van der Waals surface area contributed by atoms with Gasteiger partial charge in [-0.1, -0.05) is 19.0 Å². The molecular formula is C11H13F2N5O3. The summed E-state index contributed by atoms with van der Waals surface area (Å²) in [6, 6.07) is 0.936. The van der Waals surface area contributed by atoms with Gasteiger partial charge in [-0.2, -0.15) is 0 Å². The van der Waals surface area contributed by atoms with Crippen molar-refractivity contribution in [2.24, 2.45) is 11.0 Å². The Labute approximate surface area is 117 Å². The SMILES string of the molecule is CC[C@@]1(N=[N+]=[N-])O[C@@H](n2ccc(=O)[nH]c2=O)C(F)(F)[C@@H]1C. The van der Waals surface area contributed by atoms with Gasteiger partial charge in [-0.05, 0) is 12.0 Å². The molecule has 0 saturated carbocycles. The summed E-state index contributed by atoms with van der Waals surface area (Å²) in [5, 5.41) is 3.36. The minimum atomic E-state index is -3.45. The predicted molar refractivity (Wildman–Crippen MR) is 67.7 cm³/mol. The number of H-pyrrole nitrogens is 1. The fraction of sp³-hybridized carbons (Fsp3) is 0.636. The summed E-state index contributed by atoms with van der Waals surface area (Å²) < 4.78 is 34.7. The number of nitrogens with zero attached hydrogens (tertiary/aromatic N) is 4. The minimum absolute atomic E-state index is 0.0163. The second kappa shape index (κ2) is 4.97. The maximum Gasteiger partial charge on any atom is 0.330 e. The monoisotopic (exact) mass is 301 g/mol. The van der Waals surface area contributed by atoms with Crippen molar-refractivity contribution in [3.63, 3.8) is 0 Å². The number of nitrogens with one attached hydrogen (secondary N) is 1. The summed E-state index contributed by atoms with van der Waals surface area (Å²) in [6.45, 7) is 2.73. The third kappa shape index (κ3) is 2.22. The Balaban J connectivity index is 2.58. The maximum absolute atomic E-state index is 14.4. The van der Waals surface area contributed by atoms with Gasteiger partial charge in [-0.15, -0.1) is 0 Å². The molecule has 3 atom stereocenters. The first-order valence-corrected chi connectivity index (χ1v) is 6.22. The minimum Gasteiger partial charge on any atom is -0.338 e. The lowest BCUT2D eigenvalue weighted by Crippen LogP contribution is -2.40. The van der Waals surface area contributed by atoms with Gasteiger partial charge in [0.25, 0.3) is 11.5 Å². The second-order valence-corrected chi connectivity index (χ2v) is 4.77. The van der Waals surface area contributed by atoms with Gasteiger partial charge in [0.2, 0.25) is 6.23 Å². The van der Waals surface area contributed by atoms with Crippen molar-refractivity contribution in [2.75, 3.05) is 0 Å². The number of alkyl halides is 2. The van der Waals surface area contributed by atoms with Gasteiger partial charge >= 0.3 is 5.69 Å². The van der Waals surface area contributed by atoms with Crippen LogP contribution in [-0.2, 0) is 4.74 Å². The zero-order valence-corrected chi connectivity index (χ0v) is 11.3. The van der Waals surface area contributed by atoms with Crippen LogP contribution in [0.1, 0.15) is 26.5 Å². The first-order chi connectivity index (χ1) is 9.78. The smallest absolute Gasteiger partial charge is 0.330 e. The molecule has 0 radical (unpaired) electrons. The number of halogens is 2. The number of aromatic amines is 1. The van der Waals surface area contributed by atoms with Crippen LogP contribution >= 0.6 is 0 Å². The van der Waals surface area contributed by atoms with Crippen molar-refractivity contribution >= 4 is 0 Å². The van der Waals surface area contributed by atoms with Crippen LogP contribution in [0.25, 0.3) is 10.4 Å². The molecule has 0 aromatic carbocycles. The van der Waals surface area contributed by atoms with Crippen LogP contribution in [-0.4, -0.2) is 21.2 Å². The Morgan fingerprint density at radius 1 is 1.57 bits per heavy atom. The third-order valence-corrected chi connectivity index (χ3v) is 3.72. The molecular weight excluding hydrogens is 288 g/mol. The average Bonchev–Trinajstić information content (AvgIpc) is 2.61. The quantitative estimate of drug-likeness (QED) is 0.521. The van der Waals surface area contributed by atoms with E-state index >= 15 is 0 Å². The van der Waals surface area contributed by atoms with E-state index in [2.05, 4.69) is 10.0 Å². The van der Waals surface area contributed by atoms with Crippen LogP contribution < -0.4 is 11.2 Å². The molecule has 1 aromatic rings. The van der Waals surface area contributed by atoms with Gasteiger partial charge in [-0.25, -0.2) is 13.6 Å². The molecule has 21 heavy (non-hydrogen) atoms. The number of rotatable bonds is 3. The van der Waals surface area contributed by atoms with Crippen LogP contribution in [0.4, 0.5) is 8.78 Å². The Morgan fingerprint density at radius 2 is 2.24 bits per heavy atom. The highest BCUT2D eigenvalue weighted by Crippen LogP contribution is 2.53. The lowest BCUT2D eigenvalue weighted by atomic mass is 9.92. The van der Waals surface area contributed by atoms with Gasteiger partial charge in [0.1, 0.15) is 0 Å². The van der Waals surface area contributed by atoms with E-state index in [1.54, 1.807) is 6.92 Å². The third-order valence-electron chi connectivity index (χ3n) is 3.72. The molecule has 1 fully saturated rings. The zero-order chi connectivity index (χ0) is 15.8. The largest absolute Gasteiger partial charge is 0.338 e. The van der Waals surface area contributed by atoms with Crippen molar-refractivity contribution in [1.29, 1.82) is 0 Å². The van der Waals surface area contributed by atoms with E-state index in [1.165, 1.54) is 6.92 Å². The van der Waals surface area contributed by atoms with Crippen LogP contribution in [0.2, 0.25) is 0 Å². The number of azide groups is 1. The van der Waals surface area contributed by atoms with Gasteiger partial charge in [-0.3, -0.25) is 14.3 Å². The van der Waals surface area contributed by atoms with E-state index in [0.717, 1.165) is 12.3 Å². The lowest BCUT2D eigenvalue weighted by Gasteiger charge is -2.25. The first-order valence-electron chi connectivity index (χ1n) is 6.22. The Bertz CT molecular complexity index is 708. The van der Waals surface area contributed by atoms with Crippen molar-refractivity contribution in [3.05, 3.63) is 43.5 Å². The summed E-state index contributed by atoms with van der Waals surface area (Å²) in [5.41, 5.74) is 5.10. The molecule has 10 heteroatoms.